The van der Waals surface area contributed by atoms with Crippen LogP contribution in [0.3, 0.4) is 0 Å². The molecule has 7 heteroatoms. The van der Waals surface area contributed by atoms with Crippen molar-refractivity contribution >= 4 is 27.3 Å². The second-order valence-corrected chi connectivity index (χ2v) is 8.01. The number of benzene rings is 2. The van der Waals surface area contributed by atoms with Crippen molar-refractivity contribution in [3.05, 3.63) is 70.5 Å². The average Bonchev–Trinajstić information content (AvgIpc) is 2.86. The Kier molecular flexibility index (Phi) is 4.58. The highest BCUT2D eigenvalue weighted by Gasteiger charge is 2.15. The van der Waals surface area contributed by atoms with Crippen LogP contribution in [0.1, 0.15) is 17.0 Å². The van der Waals surface area contributed by atoms with Crippen LogP contribution < -0.4 is 4.72 Å². The quantitative estimate of drug-likeness (QED) is 0.741. The molecule has 3 rings (SSSR count). The Morgan fingerprint density at radius 3 is 2.24 bits per heavy atom. The van der Waals surface area contributed by atoms with Crippen LogP contribution in [0.5, 0.6) is 0 Å². The largest absolute Gasteiger partial charge is 0.280 e. The first-order valence-electron chi connectivity index (χ1n) is 7.69. The maximum Gasteiger partial charge on any atom is 0.261 e. The third-order valence-electron chi connectivity index (χ3n) is 3.77. The van der Waals surface area contributed by atoms with Gasteiger partial charge in [0.1, 0.15) is 0 Å². The van der Waals surface area contributed by atoms with Gasteiger partial charge in [-0.15, -0.1) is 0 Å². The van der Waals surface area contributed by atoms with Crippen molar-refractivity contribution in [2.24, 2.45) is 0 Å². The van der Waals surface area contributed by atoms with E-state index in [0.717, 1.165) is 17.0 Å². The monoisotopic (exact) mass is 375 g/mol. The van der Waals surface area contributed by atoms with E-state index in [-0.39, 0.29) is 4.90 Å². The topological polar surface area (TPSA) is 64.0 Å². The third-order valence-corrected chi connectivity index (χ3v) is 5.47. The number of hydrogen-bond acceptors (Lipinski definition) is 3. The average molecular weight is 376 g/mol. The van der Waals surface area contributed by atoms with Gasteiger partial charge in [-0.05, 0) is 57.2 Å². The maximum absolute atomic E-state index is 12.5. The first kappa shape index (κ1) is 17.5. The number of aryl methyl sites for hydroxylation is 3. The summed E-state index contributed by atoms with van der Waals surface area (Å²) in [7, 11) is -3.66. The molecule has 2 aromatic carbocycles. The number of sulfonamides is 1. The minimum Gasteiger partial charge on any atom is -0.280 e. The van der Waals surface area contributed by atoms with Gasteiger partial charge in [0.25, 0.3) is 10.0 Å². The molecule has 0 aliphatic carbocycles. The summed E-state index contributed by atoms with van der Waals surface area (Å²) in [6.07, 6.45) is 0. The molecule has 1 N–H and O–H groups in total. The lowest BCUT2D eigenvalue weighted by molar-refractivity contribution is 0.601. The van der Waals surface area contributed by atoms with Crippen LogP contribution in [-0.2, 0) is 10.0 Å². The molecule has 0 spiro atoms. The highest BCUT2D eigenvalue weighted by atomic mass is 35.5. The van der Waals surface area contributed by atoms with E-state index in [4.69, 9.17) is 11.6 Å². The van der Waals surface area contributed by atoms with Gasteiger partial charge in [0.05, 0.1) is 27.0 Å². The van der Waals surface area contributed by atoms with Crippen molar-refractivity contribution in [3.63, 3.8) is 0 Å². The molecule has 0 unspecified atom stereocenters. The van der Waals surface area contributed by atoms with E-state index in [1.54, 1.807) is 47.1 Å². The van der Waals surface area contributed by atoms with E-state index < -0.39 is 10.0 Å². The highest BCUT2D eigenvalue weighted by molar-refractivity contribution is 7.92. The summed E-state index contributed by atoms with van der Waals surface area (Å²) >= 11 is 6.35. The number of nitrogens with one attached hydrogen (secondary N) is 1. The first-order chi connectivity index (χ1) is 11.8. The van der Waals surface area contributed by atoms with Gasteiger partial charge in [-0.1, -0.05) is 29.3 Å². The molecular formula is C18H18ClN3O2S. The van der Waals surface area contributed by atoms with Crippen LogP contribution in [-0.4, -0.2) is 18.2 Å². The predicted molar refractivity (Wildman–Crippen MR) is 100 cm³/mol. The zero-order valence-corrected chi connectivity index (χ0v) is 15.7. The molecule has 5 nitrogen and oxygen atoms in total. The van der Waals surface area contributed by atoms with Crippen molar-refractivity contribution in [3.8, 4) is 5.69 Å². The second kappa shape index (κ2) is 6.54. The Morgan fingerprint density at radius 2 is 1.68 bits per heavy atom. The fraction of sp³-hybridized carbons (Fsp3) is 0.167. The van der Waals surface area contributed by atoms with Gasteiger partial charge in [0, 0.05) is 5.69 Å². The van der Waals surface area contributed by atoms with Crippen LogP contribution in [0.4, 0.5) is 5.69 Å². The summed E-state index contributed by atoms with van der Waals surface area (Å²) in [5, 5.41) is 4.81. The van der Waals surface area contributed by atoms with E-state index in [9.17, 15) is 8.42 Å². The van der Waals surface area contributed by atoms with E-state index in [2.05, 4.69) is 9.82 Å². The van der Waals surface area contributed by atoms with Crippen LogP contribution in [0, 0.1) is 20.8 Å². The molecule has 0 bridgehead atoms. The van der Waals surface area contributed by atoms with Gasteiger partial charge in [0.2, 0.25) is 0 Å². The molecular weight excluding hydrogens is 358 g/mol. The minimum atomic E-state index is -3.66. The molecule has 3 aromatic rings. The van der Waals surface area contributed by atoms with Crippen LogP contribution in [0.15, 0.2) is 53.4 Å². The lowest BCUT2D eigenvalue weighted by atomic mass is 10.2. The van der Waals surface area contributed by atoms with Crippen molar-refractivity contribution in [1.82, 2.24) is 9.78 Å². The molecule has 1 heterocycles. The predicted octanol–water partition coefficient (Wildman–Crippen LogP) is 4.25. The van der Waals surface area contributed by atoms with E-state index in [1.165, 1.54) is 0 Å². The first-order valence-corrected chi connectivity index (χ1v) is 9.55. The number of nitrogens with zero attached hydrogens (tertiary/aromatic N) is 2. The summed E-state index contributed by atoms with van der Waals surface area (Å²) in [4.78, 5) is 0.205. The highest BCUT2D eigenvalue weighted by Crippen LogP contribution is 2.27. The minimum absolute atomic E-state index is 0.205. The molecule has 0 atom stereocenters. The molecule has 0 aliphatic rings. The smallest absolute Gasteiger partial charge is 0.261 e. The fourth-order valence-electron chi connectivity index (χ4n) is 2.55. The van der Waals surface area contributed by atoms with Crippen molar-refractivity contribution in [2.75, 3.05) is 4.72 Å². The van der Waals surface area contributed by atoms with Gasteiger partial charge in [-0.3, -0.25) is 4.72 Å². The van der Waals surface area contributed by atoms with Crippen LogP contribution in [0.25, 0.3) is 5.69 Å². The Hall–Kier alpha value is -2.31. The summed E-state index contributed by atoms with van der Waals surface area (Å²) < 4.78 is 29.2. The van der Waals surface area contributed by atoms with Gasteiger partial charge in [0.15, 0.2) is 0 Å². The summed E-state index contributed by atoms with van der Waals surface area (Å²) in [6, 6.07) is 13.6. The molecule has 0 saturated heterocycles. The number of hydrogen-bond donors (Lipinski definition) is 1. The van der Waals surface area contributed by atoms with E-state index >= 15 is 0 Å². The Bertz CT molecular complexity index is 1020. The van der Waals surface area contributed by atoms with Gasteiger partial charge < -0.3 is 0 Å². The van der Waals surface area contributed by atoms with Crippen LogP contribution in [0.2, 0.25) is 5.02 Å². The number of anilines is 1. The second-order valence-electron chi connectivity index (χ2n) is 5.92. The van der Waals surface area contributed by atoms with Crippen molar-refractivity contribution in [2.45, 2.75) is 25.7 Å². The summed E-state index contributed by atoms with van der Waals surface area (Å²) in [6.45, 7) is 5.74. The molecule has 0 saturated carbocycles. The number of rotatable bonds is 4. The van der Waals surface area contributed by atoms with E-state index in [1.807, 2.05) is 26.8 Å². The summed E-state index contributed by atoms with van der Waals surface area (Å²) in [5.74, 6) is 0. The maximum atomic E-state index is 12.5. The molecule has 0 fully saturated rings. The number of aromatic nitrogens is 2. The van der Waals surface area contributed by atoms with Crippen molar-refractivity contribution < 1.29 is 8.42 Å². The molecule has 130 valence electrons. The molecule has 0 amide bonds. The molecule has 1 aromatic heterocycles. The fourth-order valence-corrected chi connectivity index (χ4v) is 3.86. The number of halogens is 1. The van der Waals surface area contributed by atoms with Gasteiger partial charge in [-0.25, -0.2) is 13.1 Å². The third kappa shape index (κ3) is 3.70. The van der Waals surface area contributed by atoms with E-state index in [0.29, 0.717) is 16.4 Å². The SMILES string of the molecule is Cc1ccc(S(=O)(=O)Nc2ccc(-n3nc(C)cc3C)c(Cl)c2)cc1. The Labute approximate surface area is 152 Å². The van der Waals surface area contributed by atoms with Crippen molar-refractivity contribution in [1.29, 1.82) is 0 Å². The lowest BCUT2D eigenvalue weighted by Crippen LogP contribution is -2.13. The zero-order chi connectivity index (χ0) is 18.2. The summed E-state index contributed by atoms with van der Waals surface area (Å²) in [5.41, 5.74) is 3.93. The molecule has 0 aliphatic heterocycles. The standard InChI is InChI=1S/C18H18ClN3O2S/c1-12-4-7-16(8-5-12)25(23,24)21-15-6-9-18(17(19)11-15)22-14(3)10-13(2)20-22/h4-11,21H,1-3H3. The lowest BCUT2D eigenvalue weighted by Gasteiger charge is -2.11. The van der Waals surface area contributed by atoms with Gasteiger partial charge in [-0.2, -0.15) is 5.10 Å². The normalized spacial score (nSPS) is 11.5. The van der Waals surface area contributed by atoms with Gasteiger partial charge >= 0.3 is 0 Å². The van der Waals surface area contributed by atoms with Crippen LogP contribution >= 0.6 is 11.6 Å². The molecule has 25 heavy (non-hydrogen) atoms. The Balaban J connectivity index is 1.91. The zero-order valence-electron chi connectivity index (χ0n) is 14.1. The Morgan fingerprint density at radius 1 is 1.00 bits per heavy atom. The molecule has 0 radical (unpaired) electrons.